The second-order valence-electron chi connectivity index (χ2n) is 4.62. The molecule has 0 saturated heterocycles. The van der Waals surface area contributed by atoms with Gasteiger partial charge in [0, 0.05) is 0 Å². The fourth-order valence-corrected chi connectivity index (χ4v) is 2.18. The predicted molar refractivity (Wildman–Crippen MR) is 75.0 cm³/mol. The maximum atomic E-state index is 11.9. The summed E-state index contributed by atoms with van der Waals surface area (Å²) in [5.41, 5.74) is 0. The molecule has 6 heteroatoms. The van der Waals surface area contributed by atoms with Gasteiger partial charge in [0.15, 0.2) is 5.82 Å². The van der Waals surface area contributed by atoms with E-state index in [1.165, 1.54) is 0 Å². The number of hydrogen-bond donors (Lipinski definition) is 0. The zero-order valence-electron chi connectivity index (χ0n) is 12.0. The molecule has 0 radical (unpaired) electrons. The van der Waals surface area contributed by atoms with Gasteiger partial charge < -0.3 is 9.26 Å². The molecule has 0 bridgehead atoms. The molecule has 0 spiro atoms. The molecule has 0 aliphatic carbocycles. The van der Waals surface area contributed by atoms with Crippen molar-refractivity contribution < 1.29 is 14.1 Å². The van der Waals surface area contributed by atoms with Crippen LogP contribution in [0.25, 0.3) is 0 Å². The summed E-state index contributed by atoms with van der Waals surface area (Å²) in [6, 6.07) is 0. The van der Waals surface area contributed by atoms with E-state index in [-0.39, 0.29) is 5.97 Å². The van der Waals surface area contributed by atoms with E-state index in [4.69, 9.17) is 9.26 Å². The monoisotopic (exact) mass is 286 g/mol. The van der Waals surface area contributed by atoms with Gasteiger partial charge in [-0.25, -0.2) is 0 Å². The van der Waals surface area contributed by atoms with Gasteiger partial charge in [-0.05, 0) is 25.0 Å². The van der Waals surface area contributed by atoms with Gasteiger partial charge in [-0.15, -0.1) is 0 Å². The van der Waals surface area contributed by atoms with Crippen LogP contribution in [0.3, 0.4) is 0 Å². The molecule has 19 heavy (non-hydrogen) atoms. The van der Waals surface area contributed by atoms with Crippen LogP contribution in [0, 0.1) is 5.92 Å². The molecule has 1 atom stereocenters. The summed E-state index contributed by atoms with van der Waals surface area (Å²) < 4.78 is 10.3. The Morgan fingerprint density at radius 2 is 2.16 bits per heavy atom. The second-order valence-corrected chi connectivity index (χ2v) is 5.89. The molecule has 0 fully saturated rings. The molecule has 0 aromatic carbocycles. The molecule has 1 aromatic rings. The van der Waals surface area contributed by atoms with E-state index in [0.717, 1.165) is 5.75 Å². The SMILES string of the molecule is CCOC(=O)C(CC(C)C)c1nc(CSCC)no1. The van der Waals surface area contributed by atoms with Crippen molar-refractivity contribution in [2.24, 2.45) is 5.92 Å². The summed E-state index contributed by atoms with van der Waals surface area (Å²) >= 11 is 1.72. The van der Waals surface area contributed by atoms with Crippen LogP contribution in [0.15, 0.2) is 4.52 Å². The first-order valence-electron chi connectivity index (χ1n) is 6.65. The summed E-state index contributed by atoms with van der Waals surface area (Å²) in [7, 11) is 0. The van der Waals surface area contributed by atoms with Crippen LogP contribution in [0.1, 0.15) is 51.7 Å². The highest BCUT2D eigenvalue weighted by Crippen LogP contribution is 2.24. The number of aromatic nitrogens is 2. The molecule has 1 rings (SSSR count). The standard InChI is InChI=1S/C13H22N2O3S/c1-5-17-13(16)10(7-9(3)4)12-14-11(15-18-12)8-19-6-2/h9-10H,5-8H2,1-4H3. The molecule has 1 heterocycles. The van der Waals surface area contributed by atoms with Crippen molar-refractivity contribution in [3.63, 3.8) is 0 Å². The van der Waals surface area contributed by atoms with E-state index < -0.39 is 5.92 Å². The fourth-order valence-electron chi connectivity index (χ4n) is 1.67. The predicted octanol–water partition coefficient (Wildman–Crippen LogP) is 3.02. The number of nitrogens with zero attached hydrogens (tertiary/aromatic N) is 2. The number of thioether (sulfide) groups is 1. The van der Waals surface area contributed by atoms with Gasteiger partial charge in [-0.3, -0.25) is 4.79 Å². The van der Waals surface area contributed by atoms with Crippen LogP contribution in [0.4, 0.5) is 0 Å². The highest BCUT2D eigenvalue weighted by Gasteiger charge is 2.28. The summed E-state index contributed by atoms with van der Waals surface area (Å²) in [5.74, 6) is 2.34. The Morgan fingerprint density at radius 1 is 1.42 bits per heavy atom. The van der Waals surface area contributed by atoms with Gasteiger partial charge in [0.25, 0.3) is 0 Å². The third-order valence-corrected chi connectivity index (χ3v) is 3.37. The van der Waals surface area contributed by atoms with E-state index in [1.807, 2.05) is 0 Å². The van der Waals surface area contributed by atoms with Crippen LogP contribution < -0.4 is 0 Å². The summed E-state index contributed by atoms with van der Waals surface area (Å²) in [4.78, 5) is 16.3. The van der Waals surface area contributed by atoms with Crippen LogP contribution >= 0.6 is 11.8 Å². The normalized spacial score (nSPS) is 12.7. The van der Waals surface area contributed by atoms with Crippen LogP contribution in [-0.4, -0.2) is 28.5 Å². The molecule has 0 N–H and O–H groups in total. The third-order valence-electron chi connectivity index (χ3n) is 2.50. The zero-order valence-corrected chi connectivity index (χ0v) is 12.8. The van der Waals surface area contributed by atoms with E-state index in [9.17, 15) is 4.79 Å². The van der Waals surface area contributed by atoms with Crippen molar-refractivity contribution in [3.05, 3.63) is 11.7 Å². The van der Waals surface area contributed by atoms with Crippen molar-refractivity contribution in [2.45, 2.75) is 45.8 Å². The minimum absolute atomic E-state index is 0.283. The number of ether oxygens (including phenoxy) is 1. The molecule has 108 valence electrons. The van der Waals surface area contributed by atoms with Gasteiger partial charge in [-0.2, -0.15) is 16.7 Å². The smallest absolute Gasteiger partial charge is 0.318 e. The Balaban J connectivity index is 2.78. The number of carbonyl (C=O) groups excluding carboxylic acids is 1. The molecule has 5 nitrogen and oxygen atoms in total. The maximum Gasteiger partial charge on any atom is 0.318 e. The van der Waals surface area contributed by atoms with Gasteiger partial charge >= 0.3 is 5.97 Å². The van der Waals surface area contributed by atoms with E-state index in [0.29, 0.717) is 36.4 Å². The lowest BCUT2D eigenvalue weighted by atomic mass is 9.97. The first-order valence-corrected chi connectivity index (χ1v) is 7.80. The Bertz CT molecular complexity index is 393. The Morgan fingerprint density at radius 3 is 2.74 bits per heavy atom. The van der Waals surface area contributed by atoms with Crippen LogP contribution in [0.5, 0.6) is 0 Å². The molecular formula is C13H22N2O3S. The lowest BCUT2D eigenvalue weighted by molar-refractivity contribution is -0.146. The van der Waals surface area contributed by atoms with E-state index in [1.54, 1.807) is 18.7 Å². The molecule has 0 saturated carbocycles. The zero-order chi connectivity index (χ0) is 14.3. The van der Waals surface area contributed by atoms with Gasteiger partial charge in [0.2, 0.25) is 5.89 Å². The van der Waals surface area contributed by atoms with Crippen LogP contribution in [0.2, 0.25) is 0 Å². The lowest BCUT2D eigenvalue weighted by Crippen LogP contribution is -2.18. The number of rotatable bonds is 8. The number of carbonyl (C=O) groups is 1. The van der Waals surface area contributed by atoms with Crippen molar-refractivity contribution >= 4 is 17.7 Å². The average molecular weight is 286 g/mol. The van der Waals surface area contributed by atoms with E-state index >= 15 is 0 Å². The molecule has 1 aromatic heterocycles. The fraction of sp³-hybridized carbons (Fsp3) is 0.769. The average Bonchev–Trinajstić information content (AvgIpc) is 2.82. The Hall–Kier alpha value is -1.04. The van der Waals surface area contributed by atoms with Crippen molar-refractivity contribution in [2.75, 3.05) is 12.4 Å². The first kappa shape index (κ1) is 16.0. The first-order chi connectivity index (χ1) is 9.08. The second kappa shape index (κ2) is 8.19. The lowest BCUT2D eigenvalue weighted by Gasteiger charge is -2.13. The number of esters is 1. The number of hydrogen-bond acceptors (Lipinski definition) is 6. The van der Waals surface area contributed by atoms with Crippen molar-refractivity contribution in [1.82, 2.24) is 10.1 Å². The summed E-state index contributed by atoms with van der Waals surface area (Å²) in [6.45, 7) is 8.33. The van der Waals surface area contributed by atoms with Crippen molar-refractivity contribution in [1.29, 1.82) is 0 Å². The Labute approximate surface area is 118 Å². The highest BCUT2D eigenvalue weighted by atomic mass is 32.2. The van der Waals surface area contributed by atoms with Gasteiger partial charge in [-0.1, -0.05) is 25.9 Å². The quantitative estimate of drug-likeness (QED) is 0.684. The minimum Gasteiger partial charge on any atom is -0.465 e. The van der Waals surface area contributed by atoms with E-state index in [2.05, 4.69) is 30.9 Å². The largest absolute Gasteiger partial charge is 0.465 e. The molecule has 1 unspecified atom stereocenters. The summed E-state index contributed by atoms with van der Waals surface area (Å²) in [6.07, 6.45) is 0.654. The molecular weight excluding hydrogens is 264 g/mol. The minimum atomic E-state index is -0.451. The maximum absolute atomic E-state index is 11.9. The van der Waals surface area contributed by atoms with Crippen LogP contribution in [-0.2, 0) is 15.3 Å². The Kier molecular flexibility index (Phi) is 6.91. The molecule has 0 aliphatic rings. The molecule has 0 aliphatic heterocycles. The molecule has 0 amide bonds. The van der Waals surface area contributed by atoms with Crippen molar-refractivity contribution in [3.8, 4) is 0 Å². The topological polar surface area (TPSA) is 65.2 Å². The third kappa shape index (κ3) is 5.22. The highest BCUT2D eigenvalue weighted by molar-refractivity contribution is 7.98. The van der Waals surface area contributed by atoms with Gasteiger partial charge in [0.1, 0.15) is 5.92 Å². The van der Waals surface area contributed by atoms with Gasteiger partial charge in [0.05, 0.1) is 12.4 Å². The summed E-state index contributed by atoms with van der Waals surface area (Å²) in [5, 5.41) is 3.91.